The second-order valence-corrected chi connectivity index (χ2v) is 9.96. The monoisotopic (exact) mass is 570 g/mol. The van der Waals surface area contributed by atoms with Gasteiger partial charge in [0.1, 0.15) is 23.1 Å². The molecule has 11 nitrogen and oxygen atoms in total. The van der Waals surface area contributed by atoms with Crippen molar-refractivity contribution in [2.24, 2.45) is 0 Å². The van der Waals surface area contributed by atoms with E-state index in [0.29, 0.717) is 24.1 Å². The Kier molecular flexibility index (Phi) is 7.65. The first-order valence-electron chi connectivity index (χ1n) is 12.7. The molecule has 0 spiro atoms. The summed E-state index contributed by atoms with van der Waals surface area (Å²) in [5.74, 6) is -0.852. The van der Waals surface area contributed by atoms with Gasteiger partial charge in [0.05, 0.1) is 36.6 Å². The zero-order chi connectivity index (χ0) is 29.2. The van der Waals surface area contributed by atoms with Crippen LogP contribution in [0.4, 0.5) is 13.2 Å². The minimum atomic E-state index is -4.45. The SMILES string of the molecule is N#Cc1ccc(-n2nc3c(c2C(=O)NCC2(O)COC2)C(=O)NC(CCc2cccc(OCC(F)(F)F)c2)C3)nc1. The molecule has 5 rings (SSSR count). The van der Waals surface area contributed by atoms with Gasteiger partial charge in [-0.25, -0.2) is 9.67 Å². The number of benzene rings is 1. The summed E-state index contributed by atoms with van der Waals surface area (Å²) in [5.41, 5.74) is 0.207. The van der Waals surface area contributed by atoms with E-state index in [1.165, 1.54) is 35.1 Å². The van der Waals surface area contributed by atoms with Crippen LogP contribution in [-0.4, -0.2) is 75.9 Å². The number of ether oxygens (including phenoxy) is 2. The summed E-state index contributed by atoms with van der Waals surface area (Å²) in [6, 6.07) is 10.9. The third kappa shape index (κ3) is 6.47. The van der Waals surface area contributed by atoms with Crippen LogP contribution in [0.3, 0.4) is 0 Å². The first-order valence-corrected chi connectivity index (χ1v) is 12.7. The maximum absolute atomic E-state index is 13.3. The molecule has 214 valence electrons. The van der Waals surface area contributed by atoms with Gasteiger partial charge in [0.2, 0.25) is 0 Å². The lowest BCUT2D eigenvalue weighted by atomic mass is 9.95. The molecule has 41 heavy (non-hydrogen) atoms. The van der Waals surface area contributed by atoms with E-state index in [2.05, 4.69) is 20.7 Å². The number of pyridine rings is 1. The van der Waals surface area contributed by atoms with Crippen molar-refractivity contribution in [3.63, 3.8) is 0 Å². The van der Waals surface area contributed by atoms with E-state index in [1.54, 1.807) is 12.1 Å². The van der Waals surface area contributed by atoms with Gasteiger partial charge in [-0.2, -0.15) is 23.5 Å². The molecule has 2 aliphatic heterocycles. The predicted molar refractivity (Wildman–Crippen MR) is 135 cm³/mol. The number of nitriles is 1. The van der Waals surface area contributed by atoms with Crippen LogP contribution in [0.15, 0.2) is 42.6 Å². The van der Waals surface area contributed by atoms with Gasteiger partial charge in [-0.05, 0) is 42.7 Å². The van der Waals surface area contributed by atoms with E-state index in [-0.39, 0.29) is 55.0 Å². The quantitative estimate of drug-likeness (QED) is 0.353. The van der Waals surface area contributed by atoms with Crippen LogP contribution in [0.2, 0.25) is 0 Å². The molecule has 0 aliphatic carbocycles. The topological polar surface area (TPSA) is 151 Å². The van der Waals surface area contributed by atoms with Crippen molar-refractivity contribution in [1.82, 2.24) is 25.4 Å². The van der Waals surface area contributed by atoms with E-state index < -0.39 is 30.2 Å². The minimum absolute atomic E-state index is 0.0634. The van der Waals surface area contributed by atoms with Gasteiger partial charge in [-0.15, -0.1) is 0 Å². The van der Waals surface area contributed by atoms with Gasteiger partial charge in [0.25, 0.3) is 11.8 Å². The molecule has 0 radical (unpaired) electrons. The number of carbonyl (C=O) groups excluding carboxylic acids is 2. The number of hydrogen-bond donors (Lipinski definition) is 3. The summed E-state index contributed by atoms with van der Waals surface area (Å²) < 4.78 is 48.6. The molecule has 0 saturated carbocycles. The molecule has 1 saturated heterocycles. The fraction of sp³-hybridized carbons (Fsp3) is 0.370. The molecular weight excluding hydrogens is 545 g/mol. The number of aromatic nitrogens is 3. The van der Waals surface area contributed by atoms with Crippen molar-refractivity contribution in [2.45, 2.75) is 37.1 Å². The highest BCUT2D eigenvalue weighted by Gasteiger charge is 2.39. The number of rotatable bonds is 9. The lowest BCUT2D eigenvalue weighted by Gasteiger charge is -2.36. The fourth-order valence-electron chi connectivity index (χ4n) is 4.58. The molecule has 3 N–H and O–H groups in total. The summed E-state index contributed by atoms with van der Waals surface area (Å²) in [5, 5.41) is 29.5. The second kappa shape index (κ2) is 11.2. The third-order valence-corrected chi connectivity index (χ3v) is 6.67. The van der Waals surface area contributed by atoms with Crippen LogP contribution >= 0.6 is 0 Å². The van der Waals surface area contributed by atoms with E-state index in [1.807, 2.05) is 6.07 Å². The highest BCUT2D eigenvalue weighted by molar-refractivity contribution is 6.08. The largest absolute Gasteiger partial charge is 0.484 e. The number of halogens is 3. The number of nitrogens with one attached hydrogen (secondary N) is 2. The van der Waals surface area contributed by atoms with Crippen LogP contribution in [0.5, 0.6) is 5.75 Å². The van der Waals surface area contributed by atoms with E-state index in [0.717, 1.165) is 5.56 Å². The number of aryl methyl sites for hydroxylation is 1. The maximum Gasteiger partial charge on any atom is 0.422 e. The predicted octanol–water partition coefficient (Wildman–Crippen LogP) is 1.86. The third-order valence-electron chi connectivity index (χ3n) is 6.67. The summed E-state index contributed by atoms with van der Waals surface area (Å²) in [6.07, 6.45) is -1.95. The van der Waals surface area contributed by atoms with Gasteiger partial charge in [0, 0.05) is 18.7 Å². The molecule has 14 heteroatoms. The van der Waals surface area contributed by atoms with Crippen molar-refractivity contribution >= 4 is 11.8 Å². The summed E-state index contributed by atoms with van der Waals surface area (Å²) in [7, 11) is 0. The Balaban J connectivity index is 1.35. The van der Waals surface area contributed by atoms with Crippen LogP contribution in [-0.2, 0) is 17.6 Å². The van der Waals surface area contributed by atoms with Gasteiger partial charge in [0.15, 0.2) is 12.4 Å². The lowest BCUT2D eigenvalue weighted by Crippen LogP contribution is -2.57. The second-order valence-electron chi connectivity index (χ2n) is 9.96. The van der Waals surface area contributed by atoms with E-state index in [4.69, 9.17) is 14.7 Å². The summed E-state index contributed by atoms with van der Waals surface area (Å²) >= 11 is 0. The van der Waals surface area contributed by atoms with E-state index in [9.17, 15) is 27.9 Å². The van der Waals surface area contributed by atoms with Crippen LogP contribution < -0.4 is 15.4 Å². The molecular formula is C27H25F3N6O5. The fourth-order valence-corrected chi connectivity index (χ4v) is 4.58. The zero-order valence-corrected chi connectivity index (χ0v) is 21.6. The maximum atomic E-state index is 13.3. The van der Waals surface area contributed by atoms with Crippen molar-refractivity contribution in [2.75, 3.05) is 26.4 Å². The molecule has 1 fully saturated rings. The first kappa shape index (κ1) is 28.1. The summed E-state index contributed by atoms with van der Waals surface area (Å²) in [6.45, 7) is -1.34. The normalized spacial score (nSPS) is 17.5. The number of fused-ring (bicyclic) bond motifs is 1. The van der Waals surface area contributed by atoms with Crippen LogP contribution in [0.1, 0.15) is 44.1 Å². The van der Waals surface area contributed by atoms with E-state index >= 15 is 0 Å². The van der Waals surface area contributed by atoms with Crippen LogP contribution in [0, 0.1) is 11.3 Å². The highest BCUT2D eigenvalue weighted by atomic mass is 19.4. The standard InChI is InChI=1S/C27H25F3N6O5/c28-27(29,30)15-41-19-3-1-2-16(8-19)4-6-18-9-20-22(24(37)34-18)23(25(38)33-12-26(39)13-40-14-26)36(35-20)21-7-5-17(10-31)11-32-21/h1-3,5,7-8,11,18,39H,4,6,9,12-15H2,(H,33,38)(H,34,37). The summed E-state index contributed by atoms with van der Waals surface area (Å²) in [4.78, 5) is 30.8. The Morgan fingerprint density at radius 2 is 2.12 bits per heavy atom. The molecule has 4 heterocycles. The Morgan fingerprint density at radius 3 is 2.78 bits per heavy atom. The average molecular weight is 571 g/mol. The van der Waals surface area contributed by atoms with Crippen molar-refractivity contribution in [1.29, 1.82) is 5.26 Å². The Labute approximate surface area is 231 Å². The van der Waals surface area contributed by atoms with Gasteiger partial charge in [-0.3, -0.25) is 9.59 Å². The minimum Gasteiger partial charge on any atom is -0.484 e. The number of hydrogen-bond acceptors (Lipinski definition) is 8. The Morgan fingerprint density at radius 1 is 1.32 bits per heavy atom. The van der Waals surface area contributed by atoms with Crippen molar-refractivity contribution in [3.8, 4) is 17.6 Å². The first-order chi connectivity index (χ1) is 19.5. The molecule has 1 unspecified atom stereocenters. The smallest absolute Gasteiger partial charge is 0.422 e. The van der Waals surface area contributed by atoms with Gasteiger partial charge >= 0.3 is 6.18 Å². The Hall–Kier alpha value is -4.48. The molecule has 1 atom stereocenters. The molecule has 2 amide bonds. The van der Waals surface area contributed by atoms with Gasteiger partial charge in [-0.1, -0.05) is 12.1 Å². The van der Waals surface area contributed by atoms with Crippen molar-refractivity contribution in [3.05, 3.63) is 70.7 Å². The Bertz CT molecular complexity index is 1490. The molecule has 0 bridgehead atoms. The van der Waals surface area contributed by atoms with Crippen LogP contribution in [0.25, 0.3) is 5.82 Å². The molecule has 2 aliphatic rings. The molecule has 2 aromatic heterocycles. The zero-order valence-electron chi connectivity index (χ0n) is 21.6. The number of aliphatic hydroxyl groups is 1. The number of amides is 2. The van der Waals surface area contributed by atoms with Crippen molar-refractivity contribution < 1.29 is 37.3 Å². The average Bonchev–Trinajstić information content (AvgIpc) is 3.33. The number of nitrogens with zero attached hydrogens (tertiary/aromatic N) is 4. The number of alkyl halides is 3. The number of carbonyl (C=O) groups is 2. The lowest BCUT2D eigenvalue weighted by molar-refractivity contribution is -0.173. The van der Waals surface area contributed by atoms with Gasteiger partial charge < -0.3 is 25.2 Å². The molecule has 1 aromatic carbocycles. The molecule has 3 aromatic rings. The highest BCUT2D eigenvalue weighted by Crippen LogP contribution is 2.26.